The molecule has 0 heterocycles. The van der Waals surface area contributed by atoms with E-state index in [1.165, 1.54) is 32.4 Å². The molecule has 0 aromatic heterocycles. The number of hydrogen-bond acceptors (Lipinski definition) is 4. The number of carbonyl (C=O) groups is 1. The standard InChI is InChI=1S/C20H27ClN2O4S/c1-27-18-4-3-16(8-17(18)21)23(28(2,25)26)12-19(24)22-20-9-13-5-14(10-20)7-15(6-13)11-20/h3-4,8,13-15H,5-7,9-12H2,1-2H3,(H,22,24). The fourth-order valence-corrected chi connectivity index (χ4v) is 7.04. The van der Waals surface area contributed by atoms with Crippen molar-refractivity contribution in [3.63, 3.8) is 0 Å². The number of amides is 1. The largest absolute Gasteiger partial charge is 0.495 e. The van der Waals surface area contributed by atoms with Crippen molar-refractivity contribution in [2.24, 2.45) is 17.8 Å². The SMILES string of the molecule is COc1ccc(N(CC(=O)NC23CC4CC(CC(C4)C2)C3)S(C)(=O)=O)cc1Cl. The van der Waals surface area contributed by atoms with Crippen LogP contribution < -0.4 is 14.4 Å². The summed E-state index contributed by atoms with van der Waals surface area (Å²) in [6.45, 7) is -0.247. The van der Waals surface area contributed by atoms with Crippen LogP contribution in [0.15, 0.2) is 18.2 Å². The molecular formula is C20H27ClN2O4S. The smallest absolute Gasteiger partial charge is 0.241 e. The normalized spacial score (nSPS) is 30.9. The molecule has 0 atom stereocenters. The zero-order valence-electron chi connectivity index (χ0n) is 16.3. The fourth-order valence-electron chi connectivity index (χ4n) is 5.94. The summed E-state index contributed by atoms with van der Waals surface area (Å²) in [5.74, 6) is 2.32. The molecule has 6 nitrogen and oxygen atoms in total. The molecular weight excluding hydrogens is 400 g/mol. The van der Waals surface area contributed by atoms with Crippen LogP contribution in [-0.4, -0.2) is 39.8 Å². The second-order valence-electron chi connectivity index (χ2n) is 8.83. The number of nitrogens with one attached hydrogen (secondary N) is 1. The number of hydrogen-bond donors (Lipinski definition) is 1. The number of carbonyl (C=O) groups excluding carboxylic acids is 1. The van der Waals surface area contributed by atoms with E-state index in [4.69, 9.17) is 16.3 Å². The minimum atomic E-state index is -3.64. The van der Waals surface area contributed by atoms with Gasteiger partial charge in [0.1, 0.15) is 12.3 Å². The molecule has 4 aliphatic carbocycles. The minimum Gasteiger partial charge on any atom is -0.495 e. The van der Waals surface area contributed by atoms with E-state index in [0.717, 1.165) is 29.8 Å². The predicted octanol–water partition coefficient (Wildman–Crippen LogP) is 3.20. The van der Waals surface area contributed by atoms with Crippen molar-refractivity contribution in [1.82, 2.24) is 5.32 Å². The van der Waals surface area contributed by atoms with Crippen molar-refractivity contribution in [3.05, 3.63) is 23.2 Å². The summed E-state index contributed by atoms with van der Waals surface area (Å²) in [6.07, 6.45) is 8.04. The zero-order valence-corrected chi connectivity index (χ0v) is 17.9. The molecule has 0 aliphatic heterocycles. The van der Waals surface area contributed by atoms with E-state index < -0.39 is 10.0 Å². The lowest BCUT2D eigenvalue weighted by molar-refractivity contribution is -0.125. The molecule has 154 valence electrons. The number of anilines is 1. The third-order valence-electron chi connectivity index (χ3n) is 6.55. The van der Waals surface area contributed by atoms with Crippen molar-refractivity contribution >= 4 is 33.2 Å². The zero-order chi connectivity index (χ0) is 20.1. The van der Waals surface area contributed by atoms with Crippen LogP contribution in [-0.2, 0) is 14.8 Å². The van der Waals surface area contributed by atoms with Gasteiger partial charge in [0, 0.05) is 5.54 Å². The molecule has 0 radical (unpaired) electrons. The second kappa shape index (κ2) is 7.10. The molecule has 1 N–H and O–H groups in total. The maximum atomic E-state index is 12.9. The molecule has 28 heavy (non-hydrogen) atoms. The van der Waals surface area contributed by atoms with Gasteiger partial charge in [0.25, 0.3) is 0 Å². The van der Waals surface area contributed by atoms with Gasteiger partial charge in [-0.2, -0.15) is 0 Å². The molecule has 1 aromatic rings. The van der Waals surface area contributed by atoms with E-state index in [2.05, 4.69) is 5.32 Å². The Morgan fingerprint density at radius 2 is 1.79 bits per heavy atom. The van der Waals surface area contributed by atoms with Crippen LogP contribution in [0.25, 0.3) is 0 Å². The Balaban J connectivity index is 1.51. The van der Waals surface area contributed by atoms with Gasteiger partial charge in [-0.1, -0.05) is 11.6 Å². The minimum absolute atomic E-state index is 0.146. The van der Waals surface area contributed by atoms with Crippen molar-refractivity contribution in [3.8, 4) is 5.75 Å². The van der Waals surface area contributed by atoms with Crippen LogP contribution in [0.4, 0.5) is 5.69 Å². The number of nitrogens with zero attached hydrogens (tertiary/aromatic N) is 1. The average Bonchev–Trinajstić information content (AvgIpc) is 2.57. The van der Waals surface area contributed by atoms with Gasteiger partial charge in [-0.05, 0) is 74.5 Å². The summed E-state index contributed by atoms with van der Waals surface area (Å²) in [5, 5.41) is 3.53. The van der Waals surface area contributed by atoms with Crippen molar-refractivity contribution in [2.45, 2.75) is 44.1 Å². The van der Waals surface area contributed by atoms with Crippen LogP contribution in [0.2, 0.25) is 5.02 Å². The molecule has 0 unspecified atom stereocenters. The quantitative estimate of drug-likeness (QED) is 0.757. The van der Waals surface area contributed by atoms with E-state index in [1.54, 1.807) is 12.1 Å². The van der Waals surface area contributed by atoms with E-state index in [0.29, 0.717) is 34.2 Å². The van der Waals surface area contributed by atoms with Gasteiger partial charge in [0.05, 0.1) is 24.1 Å². The van der Waals surface area contributed by atoms with E-state index in [1.807, 2.05) is 0 Å². The van der Waals surface area contributed by atoms with Gasteiger partial charge < -0.3 is 10.1 Å². The van der Waals surface area contributed by atoms with Gasteiger partial charge in [-0.25, -0.2) is 8.42 Å². The second-order valence-corrected chi connectivity index (χ2v) is 11.1. The van der Waals surface area contributed by atoms with Crippen LogP contribution >= 0.6 is 11.6 Å². The molecule has 5 rings (SSSR count). The maximum absolute atomic E-state index is 12.9. The van der Waals surface area contributed by atoms with Crippen LogP contribution in [0.1, 0.15) is 38.5 Å². The van der Waals surface area contributed by atoms with Crippen molar-refractivity contribution in [1.29, 1.82) is 0 Å². The van der Waals surface area contributed by atoms with Crippen LogP contribution in [0.5, 0.6) is 5.75 Å². The lowest BCUT2D eigenvalue weighted by Crippen LogP contribution is -2.61. The first-order chi connectivity index (χ1) is 13.2. The highest BCUT2D eigenvalue weighted by atomic mass is 35.5. The summed E-state index contributed by atoms with van der Waals surface area (Å²) < 4.78 is 31.0. The van der Waals surface area contributed by atoms with Crippen LogP contribution in [0.3, 0.4) is 0 Å². The summed E-state index contributed by atoms with van der Waals surface area (Å²) in [6, 6.07) is 4.72. The maximum Gasteiger partial charge on any atom is 0.241 e. The Hall–Kier alpha value is -1.47. The highest BCUT2D eigenvalue weighted by Crippen LogP contribution is 2.55. The number of benzene rings is 1. The van der Waals surface area contributed by atoms with E-state index in [-0.39, 0.29) is 18.0 Å². The Labute approximate surface area is 171 Å². The Kier molecular flexibility index (Phi) is 5.02. The Bertz CT molecular complexity index is 851. The molecule has 4 saturated carbocycles. The van der Waals surface area contributed by atoms with Gasteiger partial charge in [0.2, 0.25) is 15.9 Å². The first kappa shape index (κ1) is 19.8. The molecule has 4 bridgehead atoms. The number of rotatable bonds is 6. The van der Waals surface area contributed by atoms with Gasteiger partial charge in [0.15, 0.2) is 0 Å². The van der Waals surface area contributed by atoms with E-state index in [9.17, 15) is 13.2 Å². The van der Waals surface area contributed by atoms with Crippen molar-refractivity contribution < 1.29 is 17.9 Å². The van der Waals surface area contributed by atoms with Gasteiger partial charge >= 0.3 is 0 Å². The van der Waals surface area contributed by atoms with Gasteiger partial charge in [-0.3, -0.25) is 9.10 Å². The van der Waals surface area contributed by atoms with E-state index >= 15 is 0 Å². The Morgan fingerprint density at radius 3 is 2.25 bits per heavy atom. The average molecular weight is 427 g/mol. The lowest BCUT2D eigenvalue weighted by Gasteiger charge is -2.57. The van der Waals surface area contributed by atoms with Gasteiger partial charge in [-0.15, -0.1) is 0 Å². The van der Waals surface area contributed by atoms with Crippen LogP contribution in [0, 0.1) is 17.8 Å². The number of sulfonamides is 1. The summed E-state index contributed by atoms with van der Waals surface area (Å²) in [5.41, 5.74) is 0.209. The molecule has 1 amide bonds. The van der Waals surface area contributed by atoms with Crippen molar-refractivity contribution in [2.75, 3.05) is 24.2 Å². The first-order valence-electron chi connectivity index (χ1n) is 9.80. The molecule has 8 heteroatoms. The molecule has 0 saturated heterocycles. The lowest BCUT2D eigenvalue weighted by atomic mass is 9.53. The third-order valence-corrected chi connectivity index (χ3v) is 7.99. The third kappa shape index (κ3) is 3.83. The fraction of sp³-hybridized carbons (Fsp3) is 0.650. The first-order valence-corrected chi connectivity index (χ1v) is 12.0. The molecule has 1 aromatic carbocycles. The number of halogens is 1. The predicted molar refractivity (Wildman–Crippen MR) is 109 cm³/mol. The number of methoxy groups -OCH3 is 1. The summed E-state index contributed by atoms with van der Waals surface area (Å²) >= 11 is 6.16. The summed E-state index contributed by atoms with van der Waals surface area (Å²) in [4.78, 5) is 12.9. The molecule has 4 fully saturated rings. The highest BCUT2D eigenvalue weighted by molar-refractivity contribution is 7.92. The monoisotopic (exact) mass is 426 g/mol. The topological polar surface area (TPSA) is 75.7 Å². The molecule has 4 aliphatic rings. The molecule has 0 spiro atoms. The highest BCUT2D eigenvalue weighted by Gasteiger charge is 2.51. The Morgan fingerprint density at radius 1 is 1.21 bits per heavy atom. The summed E-state index contributed by atoms with van der Waals surface area (Å²) in [7, 11) is -2.15. The number of ether oxygens (including phenoxy) is 1.